The average molecular weight is 418 g/mol. The van der Waals surface area contributed by atoms with E-state index in [-0.39, 0.29) is 26.2 Å². The fourth-order valence-corrected chi connectivity index (χ4v) is 3.64. The number of hydrogen-bond donors (Lipinski definition) is 0. The van der Waals surface area contributed by atoms with Crippen LogP contribution in [0.5, 0.6) is 0 Å². The molecule has 2 amide bonds. The van der Waals surface area contributed by atoms with Crippen LogP contribution in [0.1, 0.15) is 26.3 Å². The summed E-state index contributed by atoms with van der Waals surface area (Å²) in [6, 6.07) is 9.11. The average Bonchev–Trinajstić information content (AvgIpc) is 2.97. The Labute approximate surface area is 174 Å². The third kappa shape index (κ3) is 4.10. The van der Waals surface area contributed by atoms with E-state index in [1.54, 1.807) is 20.8 Å². The van der Waals surface area contributed by atoms with Gasteiger partial charge in [-0.1, -0.05) is 30.3 Å². The van der Waals surface area contributed by atoms with Gasteiger partial charge in [-0.25, -0.2) is 9.59 Å². The van der Waals surface area contributed by atoms with Gasteiger partial charge in [-0.3, -0.25) is 14.5 Å². The Morgan fingerprint density at radius 1 is 1.10 bits per heavy atom. The first kappa shape index (κ1) is 21.6. The Kier molecular flexibility index (Phi) is 5.74. The van der Waals surface area contributed by atoms with Gasteiger partial charge in [0.2, 0.25) is 0 Å². The molecule has 1 aromatic carbocycles. The lowest BCUT2D eigenvalue weighted by molar-refractivity contribution is -0.149. The van der Waals surface area contributed by atoms with E-state index in [0.717, 1.165) is 5.56 Å². The van der Waals surface area contributed by atoms with Crippen LogP contribution in [-0.2, 0) is 30.4 Å². The lowest BCUT2D eigenvalue weighted by Gasteiger charge is -2.50. The smallest absolute Gasteiger partial charge is 0.411 e. The van der Waals surface area contributed by atoms with E-state index in [9.17, 15) is 19.2 Å². The molecule has 1 aromatic rings. The molecule has 2 aliphatic heterocycles. The van der Waals surface area contributed by atoms with Crippen LogP contribution in [0.3, 0.4) is 0 Å². The second-order valence-electron chi connectivity index (χ2n) is 8.46. The maximum Gasteiger partial charge on any atom is 0.411 e. The highest BCUT2D eigenvalue weighted by Crippen LogP contribution is 2.39. The van der Waals surface area contributed by atoms with E-state index in [2.05, 4.69) is 0 Å². The molecular formula is C21H26N2O7. The molecule has 1 spiro atoms. The van der Waals surface area contributed by atoms with Crippen LogP contribution >= 0.6 is 0 Å². The first-order valence-corrected chi connectivity index (χ1v) is 9.66. The number of esters is 1. The quantitative estimate of drug-likeness (QED) is 0.420. The molecule has 9 heteroatoms. The molecule has 2 fully saturated rings. The van der Waals surface area contributed by atoms with Crippen LogP contribution < -0.4 is 0 Å². The first-order valence-electron chi connectivity index (χ1n) is 9.66. The van der Waals surface area contributed by atoms with Crippen LogP contribution in [0.4, 0.5) is 9.59 Å². The Hall–Kier alpha value is -3.10. The van der Waals surface area contributed by atoms with Crippen LogP contribution in [0.25, 0.3) is 0 Å². The Bertz CT molecular complexity index is 841. The molecule has 9 nitrogen and oxygen atoms in total. The maximum atomic E-state index is 13.0. The highest BCUT2D eigenvalue weighted by atomic mass is 16.6. The van der Waals surface area contributed by atoms with E-state index in [4.69, 9.17) is 14.2 Å². The summed E-state index contributed by atoms with van der Waals surface area (Å²) in [7, 11) is 1.19. The van der Waals surface area contributed by atoms with Crippen molar-refractivity contribution in [3.63, 3.8) is 0 Å². The molecule has 2 saturated heterocycles. The number of likely N-dealkylation sites (tertiary alicyclic amines) is 2. The van der Waals surface area contributed by atoms with Gasteiger partial charge in [0.15, 0.2) is 5.78 Å². The van der Waals surface area contributed by atoms with Gasteiger partial charge < -0.3 is 19.1 Å². The van der Waals surface area contributed by atoms with E-state index >= 15 is 0 Å². The van der Waals surface area contributed by atoms with Crippen molar-refractivity contribution in [3.05, 3.63) is 35.9 Å². The number of nitrogens with zero attached hydrogens (tertiary/aromatic N) is 2. The van der Waals surface area contributed by atoms with E-state index in [0.29, 0.717) is 0 Å². The van der Waals surface area contributed by atoms with E-state index in [1.807, 2.05) is 30.3 Å². The molecule has 1 atom stereocenters. The number of carbonyl (C=O) groups excluding carboxylic acids is 4. The maximum absolute atomic E-state index is 13.0. The normalized spacial score (nSPS) is 20.0. The largest absolute Gasteiger partial charge is 0.468 e. The molecule has 2 heterocycles. The SMILES string of the molecule is COC(=O)C1CN(C(=O)OCc2ccccc2)C2(CN(C(=O)OC(C)(C)C)C2)C1=O. The van der Waals surface area contributed by atoms with Crippen molar-refractivity contribution < 1.29 is 33.4 Å². The number of ketones is 1. The van der Waals surface area contributed by atoms with Crippen LogP contribution in [0.2, 0.25) is 0 Å². The second-order valence-corrected chi connectivity index (χ2v) is 8.46. The number of benzene rings is 1. The monoisotopic (exact) mass is 418 g/mol. The fourth-order valence-electron chi connectivity index (χ4n) is 3.64. The highest BCUT2D eigenvalue weighted by molar-refractivity contribution is 6.09. The van der Waals surface area contributed by atoms with Gasteiger partial charge in [-0.05, 0) is 26.3 Å². The number of carbonyl (C=O) groups is 4. The number of Topliss-reactive ketones (excluding diaryl/α,β-unsaturated/α-hetero) is 1. The standard InChI is InChI=1S/C21H26N2O7/c1-20(2,3)30-18(26)22-12-21(13-22)16(24)15(17(25)28-4)10-23(21)19(27)29-11-14-8-6-5-7-9-14/h5-9,15H,10-13H2,1-4H3. The summed E-state index contributed by atoms with van der Waals surface area (Å²) in [5.74, 6) is -2.28. The number of hydrogen-bond acceptors (Lipinski definition) is 7. The van der Waals surface area contributed by atoms with Crippen molar-refractivity contribution in [2.24, 2.45) is 5.92 Å². The molecule has 0 radical (unpaired) electrons. The number of rotatable bonds is 3. The van der Waals surface area contributed by atoms with Crippen molar-refractivity contribution in [1.82, 2.24) is 9.80 Å². The van der Waals surface area contributed by atoms with Crippen LogP contribution in [-0.4, -0.2) is 71.6 Å². The lowest BCUT2D eigenvalue weighted by Crippen LogP contribution is -2.73. The summed E-state index contributed by atoms with van der Waals surface area (Å²) in [4.78, 5) is 52.8. The second kappa shape index (κ2) is 7.97. The van der Waals surface area contributed by atoms with Crippen molar-refractivity contribution in [1.29, 1.82) is 0 Å². The van der Waals surface area contributed by atoms with Gasteiger partial charge in [-0.15, -0.1) is 0 Å². The Morgan fingerprint density at radius 3 is 2.30 bits per heavy atom. The zero-order valence-electron chi connectivity index (χ0n) is 17.5. The molecule has 3 rings (SSSR count). The number of ether oxygens (including phenoxy) is 3. The molecule has 2 aliphatic rings. The summed E-state index contributed by atoms with van der Waals surface area (Å²) < 4.78 is 15.4. The molecular weight excluding hydrogens is 392 g/mol. The molecule has 1 unspecified atom stereocenters. The van der Waals surface area contributed by atoms with Gasteiger partial charge in [0.25, 0.3) is 0 Å². The van der Waals surface area contributed by atoms with Gasteiger partial charge in [0.1, 0.15) is 23.7 Å². The van der Waals surface area contributed by atoms with Gasteiger partial charge >= 0.3 is 18.2 Å². The Morgan fingerprint density at radius 2 is 1.73 bits per heavy atom. The fraction of sp³-hybridized carbons (Fsp3) is 0.524. The summed E-state index contributed by atoms with van der Waals surface area (Å²) in [5.41, 5.74) is -1.22. The molecule has 0 bridgehead atoms. The van der Waals surface area contributed by atoms with Crippen LogP contribution in [0, 0.1) is 5.92 Å². The highest BCUT2D eigenvalue weighted by Gasteiger charge is 2.65. The minimum absolute atomic E-state index is 0.0269. The molecule has 0 N–H and O–H groups in total. The summed E-state index contributed by atoms with van der Waals surface area (Å²) in [5, 5.41) is 0. The molecule has 0 aromatic heterocycles. The molecule has 162 valence electrons. The lowest BCUT2D eigenvalue weighted by atomic mass is 9.83. The minimum Gasteiger partial charge on any atom is -0.468 e. The molecule has 0 saturated carbocycles. The topological polar surface area (TPSA) is 102 Å². The van der Waals surface area contributed by atoms with E-state index in [1.165, 1.54) is 16.9 Å². The third-order valence-electron chi connectivity index (χ3n) is 5.12. The van der Waals surface area contributed by atoms with Crippen molar-refractivity contribution in [2.75, 3.05) is 26.7 Å². The summed E-state index contributed by atoms with van der Waals surface area (Å²) in [6.45, 7) is 4.97. The van der Waals surface area contributed by atoms with Gasteiger partial charge in [0, 0.05) is 6.54 Å². The van der Waals surface area contributed by atoms with Crippen molar-refractivity contribution in [2.45, 2.75) is 38.5 Å². The van der Waals surface area contributed by atoms with Gasteiger partial charge in [0.05, 0.1) is 20.2 Å². The zero-order chi connectivity index (χ0) is 22.1. The molecule has 30 heavy (non-hydrogen) atoms. The number of methoxy groups -OCH3 is 1. The van der Waals surface area contributed by atoms with Crippen molar-refractivity contribution in [3.8, 4) is 0 Å². The summed E-state index contributed by atoms with van der Waals surface area (Å²) in [6.07, 6.45) is -1.30. The predicted octanol–water partition coefficient (Wildman–Crippen LogP) is 1.99. The predicted molar refractivity (Wildman–Crippen MR) is 104 cm³/mol. The first-order chi connectivity index (χ1) is 14.1. The summed E-state index contributed by atoms with van der Waals surface area (Å²) >= 11 is 0. The molecule has 0 aliphatic carbocycles. The zero-order valence-corrected chi connectivity index (χ0v) is 17.5. The Balaban J connectivity index is 1.74. The van der Waals surface area contributed by atoms with Crippen LogP contribution in [0.15, 0.2) is 30.3 Å². The third-order valence-corrected chi connectivity index (χ3v) is 5.12. The van der Waals surface area contributed by atoms with Gasteiger partial charge in [-0.2, -0.15) is 0 Å². The minimum atomic E-state index is -1.32. The number of amides is 2. The van der Waals surface area contributed by atoms with E-state index < -0.39 is 41.0 Å². The van der Waals surface area contributed by atoms with Crippen molar-refractivity contribution >= 4 is 23.9 Å².